The number of nitrogens with one attached hydrogen (secondary N) is 1. The van der Waals surface area contributed by atoms with Gasteiger partial charge in [-0.25, -0.2) is 9.97 Å². The lowest BCUT2D eigenvalue weighted by Gasteiger charge is -2.31. The largest absolute Gasteiger partial charge is 0.355 e. The van der Waals surface area contributed by atoms with E-state index in [1.807, 2.05) is 0 Å². The van der Waals surface area contributed by atoms with Crippen LogP contribution in [0.15, 0.2) is 30.6 Å². The normalized spacial score (nSPS) is 17.6. The Morgan fingerprint density at radius 2 is 1.96 bits per heavy atom. The molecule has 1 saturated heterocycles. The molecular weight excluding hydrogens is 347 g/mol. The number of carbonyl (C=O) groups excluding carboxylic acids is 1. The summed E-state index contributed by atoms with van der Waals surface area (Å²) < 4.78 is 0. The van der Waals surface area contributed by atoms with E-state index in [1.165, 1.54) is 12.6 Å². The Hall–Kier alpha value is -1.85. The van der Waals surface area contributed by atoms with Crippen LogP contribution < -0.4 is 10.2 Å². The molecule has 0 spiro atoms. The number of hydrogen-bond acceptors (Lipinski definition) is 4. The van der Waals surface area contributed by atoms with Crippen molar-refractivity contribution in [1.82, 2.24) is 9.97 Å². The number of hydrogen-bond donors (Lipinski definition) is 1. The van der Waals surface area contributed by atoms with E-state index in [0.29, 0.717) is 21.7 Å². The van der Waals surface area contributed by atoms with Gasteiger partial charge in [-0.15, -0.1) is 0 Å². The van der Waals surface area contributed by atoms with Crippen molar-refractivity contribution in [2.75, 3.05) is 23.3 Å². The summed E-state index contributed by atoms with van der Waals surface area (Å²) in [5.41, 5.74) is 0.771. The Bertz CT molecular complexity index is 716. The van der Waals surface area contributed by atoms with Gasteiger partial charge in [0.2, 0.25) is 0 Å². The van der Waals surface area contributed by atoms with Crippen molar-refractivity contribution in [1.29, 1.82) is 0 Å². The SMILES string of the molecule is CC1CCCN(c2cnc(C(=O)Nc3cc(Cl)cc(Cl)c3)cn2)C1. The summed E-state index contributed by atoms with van der Waals surface area (Å²) in [4.78, 5) is 23.1. The van der Waals surface area contributed by atoms with Crippen LogP contribution in [0.4, 0.5) is 11.5 Å². The fourth-order valence-corrected chi connectivity index (χ4v) is 3.35. The van der Waals surface area contributed by atoms with E-state index in [4.69, 9.17) is 23.2 Å². The van der Waals surface area contributed by atoms with Gasteiger partial charge < -0.3 is 10.2 Å². The van der Waals surface area contributed by atoms with Crippen LogP contribution in [0.25, 0.3) is 0 Å². The van der Waals surface area contributed by atoms with Crippen LogP contribution >= 0.6 is 23.2 Å². The third-order valence-electron chi connectivity index (χ3n) is 3.97. The number of carbonyl (C=O) groups is 1. The molecule has 0 aliphatic carbocycles. The molecule has 1 aliphatic rings. The first kappa shape index (κ1) is 17.0. The molecule has 7 heteroatoms. The topological polar surface area (TPSA) is 58.1 Å². The number of nitrogens with zero attached hydrogens (tertiary/aromatic N) is 3. The predicted molar refractivity (Wildman–Crippen MR) is 97.1 cm³/mol. The maximum absolute atomic E-state index is 12.3. The van der Waals surface area contributed by atoms with Gasteiger partial charge in [-0.3, -0.25) is 4.79 Å². The Morgan fingerprint density at radius 1 is 1.21 bits per heavy atom. The second-order valence-corrected chi connectivity index (χ2v) is 6.94. The van der Waals surface area contributed by atoms with Crippen molar-refractivity contribution >= 4 is 40.6 Å². The Labute approximate surface area is 151 Å². The molecule has 1 atom stereocenters. The summed E-state index contributed by atoms with van der Waals surface area (Å²) in [6.45, 7) is 4.18. The van der Waals surface area contributed by atoms with Gasteiger partial charge in [0.15, 0.2) is 0 Å². The highest BCUT2D eigenvalue weighted by molar-refractivity contribution is 6.35. The van der Waals surface area contributed by atoms with E-state index in [0.717, 1.165) is 25.3 Å². The molecular formula is C17H18Cl2N4O. The van der Waals surface area contributed by atoms with Gasteiger partial charge in [-0.1, -0.05) is 30.1 Å². The van der Waals surface area contributed by atoms with Gasteiger partial charge in [-0.05, 0) is 37.0 Å². The molecule has 2 heterocycles. The third kappa shape index (κ3) is 4.16. The predicted octanol–water partition coefficient (Wildman–Crippen LogP) is 4.27. The molecule has 1 fully saturated rings. The maximum Gasteiger partial charge on any atom is 0.275 e. The Kier molecular flexibility index (Phi) is 5.21. The first-order valence-electron chi connectivity index (χ1n) is 7.86. The van der Waals surface area contributed by atoms with Gasteiger partial charge in [0, 0.05) is 28.8 Å². The zero-order valence-electron chi connectivity index (χ0n) is 13.3. The molecule has 2 aromatic rings. The summed E-state index contributed by atoms with van der Waals surface area (Å²) in [6, 6.07) is 4.86. The lowest BCUT2D eigenvalue weighted by atomic mass is 10.0. The van der Waals surface area contributed by atoms with Crippen LogP contribution in [0.5, 0.6) is 0 Å². The minimum Gasteiger partial charge on any atom is -0.355 e. The van der Waals surface area contributed by atoms with Gasteiger partial charge in [0.25, 0.3) is 5.91 Å². The van der Waals surface area contributed by atoms with E-state index in [-0.39, 0.29) is 11.6 Å². The third-order valence-corrected chi connectivity index (χ3v) is 4.41. The number of halogens is 2. The van der Waals surface area contributed by atoms with Crippen molar-refractivity contribution in [2.45, 2.75) is 19.8 Å². The second-order valence-electron chi connectivity index (χ2n) is 6.07. The summed E-state index contributed by atoms with van der Waals surface area (Å²) in [5, 5.41) is 3.64. The fraction of sp³-hybridized carbons (Fsp3) is 0.353. The summed E-state index contributed by atoms with van der Waals surface area (Å²) in [7, 11) is 0. The molecule has 1 N–H and O–H groups in total. The molecule has 1 amide bonds. The molecule has 0 bridgehead atoms. The minimum atomic E-state index is -0.348. The summed E-state index contributed by atoms with van der Waals surface area (Å²) in [6.07, 6.45) is 5.54. The van der Waals surface area contributed by atoms with Crippen molar-refractivity contribution in [3.8, 4) is 0 Å². The highest BCUT2D eigenvalue weighted by Crippen LogP contribution is 2.23. The Morgan fingerprint density at radius 3 is 2.58 bits per heavy atom. The molecule has 1 aromatic heterocycles. The fourth-order valence-electron chi connectivity index (χ4n) is 2.82. The van der Waals surface area contributed by atoms with Crippen molar-refractivity contribution in [3.63, 3.8) is 0 Å². The van der Waals surface area contributed by atoms with Crippen LogP contribution in [0.1, 0.15) is 30.3 Å². The second kappa shape index (κ2) is 7.36. The molecule has 126 valence electrons. The van der Waals surface area contributed by atoms with E-state index in [9.17, 15) is 4.79 Å². The molecule has 24 heavy (non-hydrogen) atoms. The van der Waals surface area contributed by atoms with E-state index < -0.39 is 0 Å². The van der Waals surface area contributed by atoms with Gasteiger partial charge in [0.1, 0.15) is 11.5 Å². The summed E-state index contributed by atoms with van der Waals surface area (Å²) >= 11 is 11.9. The molecule has 5 nitrogen and oxygen atoms in total. The van der Waals surface area contributed by atoms with E-state index in [1.54, 1.807) is 24.4 Å². The number of benzene rings is 1. The van der Waals surface area contributed by atoms with Crippen molar-refractivity contribution in [2.24, 2.45) is 5.92 Å². The highest BCUT2D eigenvalue weighted by Gasteiger charge is 2.18. The van der Waals surface area contributed by atoms with Gasteiger partial charge >= 0.3 is 0 Å². The molecule has 0 saturated carbocycles. The number of anilines is 2. The number of piperidine rings is 1. The van der Waals surface area contributed by atoms with E-state index in [2.05, 4.69) is 27.1 Å². The van der Waals surface area contributed by atoms with E-state index >= 15 is 0 Å². The zero-order chi connectivity index (χ0) is 17.1. The Balaban J connectivity index is 1.69. The number of amides is 1. The lowest BCUT2D eigenvalue weighted by molar-refractivity contribution is 0.102. The number of rotatable bonds is 3. The van der Waals surface area contributed by atoms with Crippen molar-refractivity contribution in [3.05, 3.63) is 46.3 Å². The highest BCUT2D eigenvalue weighted by atomic mass is 35.5. The van der Waals surface area contributed by atoms with Crippen molar-refractivity contribution < 1.29 is 4.79 Å². The van der Waals surface area contributed by atoms with Crippen LogP contribution in [0.3, 0.4) is 0 Å². The summed E-state index contributed by atoms with van der Waals surface area (Å²) in [5.74, 6) is 1.11. The molecule has 1 aliphatic heterocycles. The first-order chi connectivity index (χ1) is 11.5. The van der Waals surface area contributed by atoms with Gasteiger partial charge in [-0.2, -0.15) is 0 Å². The maximum atomic E-state index is 12.3. The molecule has 3 rings (SSSR count). The average Bonchev–Trinajstić information content (AvgIpc) is 2.54. The lowest BCUT2D eigenvalue weighted by Crippen LogP contribution is -2.35. The van der Waals surface area contributed by atoms with Crippen LogP contribution in [0, 0.1) is 5.92 Å². The standard InChI is InChI=1S/C17H18Cl2N4O/c1-11-3-2-4-23(10-11)16-9-20-15(8-21-16)17(24)22-14-6-12(18)5-13(19)7-14/h5-9,11H,2-4,10H2,1H3,(H,22,24). The molecule has 1 unspecified atom stereocenters. The smallest absolute Gasteiger partial charge is 0.275 e. The van der Waals surface area contributed by atoms with Crippen LogP contribution in [0.2, 0.25) is 10.0 Å². The first-order valence-corrected chi connectivity index (χ1v) is 8.61. The minimum absolute atomic E-state index is 0.250. The average molecular weight is 365 g/mol. The van der Waals surface area contributed by atoms with Gasteiger partial charge in [0.05, 0.1) is 12.4 Å². The molecule has 1 aromatic carbocycles. The zero-order valence-corrected chi connectivity index (χ0v) is 14.8. The quantitative estimate of drug-likeness (QED) is 0.883. The number of aromatic nitrogens is 2. The van der Waals surface area contributed by atoms with Crippen LogP contribution in [-0.2, 0) is 0 Å². The monoisotopic (exact) mass is 364 g/mol. The van der Waals surface area contributed by atoms with Crippen LogP contribution in [-0.4, -0.2) is 29.0 Å². The molecule has 0 radical (unpaired) electrons.